The van der Waals surface area contributed by atoms with Crippen molar-refractivity contribution >= 4 is 12.1 Å². The molecule has 1 unspecified atom stereocenters. The zero-order valence-corrected chi connectivity index (χ0v) is 17.1. The summed E-state index contributed by atoms with van der Waals surface area (Å²) in [5, 5.41) is 6.53. The molecule has 25 heavy (non-hydrogen) atoms. The van der Waals surface area contributed by atoms with Gasteiger partial charge in [0.05, 0.1) is 0 Å². The second kappa shape index (κ2) is 12.8. The summed E-state index contributed by atoms with van der Waals surface area (Å²) in [4.78, 5) is 18.2. The number of ether oxygens (including phenoxy) is 2. The summed E-state index contributed by atoms with van der Waals surface area (Å²) in [7, 11) is 1.77. The van der Waals surface area contributed by atoms with Crippen molar-refractivity contribution in [2.75, 3.05) is 39.9 Å². The second-order valence-corrected chi connectivity index (χ2v) is 6.97. The summed E-state index contributed by atoms with van der Waals surface area (Å²) in [6.45, 7) is 15.4. The minimum Gasteiger partial charge on any atom is -0.444 e. The number of rotatable bonds is 10. The number of carbonyl (C=O) groups is 1. The molecule has 1 atom stereocenters. The van der Waals surface area contributed by atoms with Gasteiger partial charge in [-0.2, -0.15) is 0 Å². The summed E-state index contributed by atoms with van der Waals surface area (Å²) in [6.07, 6.45) is 1.41. The standard InChI is InChI=1S/C18H38N4O3/c1-8-19-16(20-12-10-14-24-9-2)21-13-11-15(3)22(7)17(23)25-18(4,5)6/h15H,8-14H2,1-7H3,(H2,19,20,21). The van der Waals surface area contributed by atoms with E-state index in [1.165, 1.54) is 0 Å². The molecular weight excluding hydrogens is 320 g/mol. The van der Waals surface area contributed by atoms with Gasteiger partial charge >= 0.3 is 6.09 Å². The quantitative estimate of drug-likeness (QED) is 0.357. The highest BCUT2D eigenvalue weighted by Crippen LogP contribution is 2.11. The van der Waals surface area contributed by atoms with Crippen LogP contribution in [0.2, 0.25) is 0 Å². The van der Waals surface area contributed by atoms with Gasteiger partial charge in [0.2, 0.25) is 0 Å². The highest BCUT2D eigenvalue weighted by Gasteiger charge is 2.22. The van der Waals surface area contributed by atoms with Gasteiger partial charge in [-0.25, -0.2) is 4.79 Å². The molecule has 0 aliphatic rings. The Morgan fingerprint density at radius 1 is 1.24 bits per heavy atom. The lowest BCUT2D eigenvalue weighted by molar-refractivity contribution is 0.0230. The van der Waals surface area contributed by atoms with Gasteiger partial charge in [-0.1, -0.05) is 0 Å². The zero-order valence-electron chi connectivity index (χ0n) is 17.1. The molecule has 0 aliphatic carbocycles. The van der Waals surface area contributed by atoms with Gasteiger partial charge in [0.25, 0.3) is 0 Å². The predicted octanol–water partition coefficient (Wildman–Crippen LogP) is 2.61. The second-order valence-electron chi connectivity index (χ2n) is 6.97. The molecule has 0 heterocycles. The summed E-state index contributed by atoms with van der Waals surface area (Å²) in [6, 6.07) is 0.0724. The Balaban J connectivity index is 4.24. The zero-order chi connectivity index (χ0) is 19.3. The maximum atomic E-state index is 12.1. The van der Waals surface area contributed by atoms with Crippen molar-refractivity contribution in [3.05, 3.63) is 0 Å². The number of hydrogen-bond acceptors (Lipinski definition) is 4. The first kappa shape index (κ1) is 23.5. The van der Waals surface area contributed by atoms with Gasteiger partial charge in [0.1, 0.15) is 5.60 Å². The van der Waals surface area contributed by atoms with Crippen LogP contribution in [-0.4, -0.2) is 68.5 Å². The van der Waals surface area contributed by atoms with E-state index in [4.69, 9.17) is 9.47 Å². The van der Waals surface area contributed by atoms with Crippen molar-refractivity contribution in [2.45, 2.75) is 66.0 Å². The smallest absolute Gasteiger partial charge is 0.410 e. The van der Waals surface area contributed by atoms with Gasteiger partial charge in [0, 0.05) is 45.9 Å². The first-order valence-electron chi connectivity index (χ1n) is 9.27. The van der Waals surface area contributed by atoms with Crippen LogP contribution in [0.5, 0.6) is 0 Å². The first-order valence-corrected chi connectivity index (χ1v) is 9.27. The number of guanidine groups is 1. The molecular formula is C18H38N4O3. The van der Waals surface area contributed by atoms with Gasteiger partial charge in [-0.15, -0.1) is 0 Å². The monoisotopic (exact) mass is 358 g/mol. The number of amides is 1. The molecule has 7 heteroatoms. The van der Waals surface area contributed by atoms with Crippen molar-refractivity contribution in [1.29, 1.82) is 0 Å². The van der Waals surface area contributed by atoms with E-state index >= 15 is 0 Å². The minimum absolute atomic E-state index is 0.0724. The fraction of sp³-hybridized carbons (Fsp3) is 0.889. The first-order chi connectivity index (χ1) is 11.7. The topological polar surface area (TPSA) is 75.2 Å². The van der Waals surface area contributed by atoms with E-state index in [0.717, 1.165) is 51.6 Å². The van der Waals surface area contributed by atoms with Crippen LogP contribution in [0.3, 0.4) is 0 Å². The Kier molecular flexibility index (Phi) is 12.0. The maximum absolute atomic E-state index is 12.1. The molecule has 0 saturated heterocycles. The Morgan fingerprint density at radius 3 is 2.48 bits per heavy atom. The Labute approximate surface area is 153 Å². The largest absolute Gasteiger partial charge is 0.444 e. The molecule has 0 aromatic rings. The van der Waals surface area contributed by atoms with Gasteiger partial charge in [0.15, 0.2) is 5.96 Å². The van der Waals surface area contributed by atoms with Crippen LogP contribution in [0.4, 0.5) is 4.79 Å². The molecule has 0 rings (SSSR count). The Morgan fingerprint density at radius 2 is 1.92 bits per heavy atom. The molecule has 2 N–H and O–H groups in total. The number of aliphatic imine (C=N–C) groups is 1. The molecule has 0 aromatic heterocycles. The molecule has 0 spiro atoms. The van der Waals surface area contributed by atoms with Crippen LogP contribution in [0.1, 0.15) is 54.4 Å². The molecule has 0 aromatic carbocycles. The summed E-state index contributed by atoms with van der Waals surface area (Å²) in [5.41, 5.74) is -0.477. The van der Waals surface area contributed by atoms with Gasteiger partial charge < -0.3 is 25.0 Å². The van der Waals surface area contributed by atoms with Crippen molar-refractivity contribution in [1.82, 2.24) is 15.5 Å². The van der Waals surface area contributed by atoms with Gasteiger partial charge in [-0.05, 0) is 54.4 Å². The summed E-state index contributed by atoms with van der Waals surface area (Å²) < 4.78 is 10.7. The van der Waals surface area contributed by atoms with Crippen LogP contribution in [-0.2, 0) is 9.47 Å². The third-order valence-electron chi connectivity index (χ3n) is 3.46. The fourth-order valence-electron chi connectivity index (χ4n) is 1.95. The van der Waals surface area contributed by atoms with Crippen LogP contribution in [0.25, 0.3) is 0 Å². The fourth-order valence-corrected chi connectivity index (χ4v) is 1.95. The third-order valence-corrected chi connectivity index (χ3v) is 3.46. The lowest BCUT2D eigenvalue weighted by Gasteiger charge is -2.28. The van der Waals surface area contributed by atoms with Crippen molar-refractivity contribution in [3.8, 4) is 0 Å². The SMILES string of the molecule is CCNC(=NCCCOCC)NCCC(C)N(C)C(=O)OC(C)(C)C. The van der Waals surface area contributed by atoms with E-state index < -0.39 is 5.60 Å². The van der Waals surface area contributed by atoms with Gasteiger partial charge in [-0.3, -0.25) is 4.99 Å². The molecule has 0 saturated carbocycles. The molecule has 148 valence electrons. The molecule has 0 fully saturated rings. The predicted molar refractivity (Wildman–Crippen MR) is 103 cm³/mol. The number of nitrogens with one attached hydrogen (secondary N) is 2. The minimum atomic E-state index is -0.477. The molecule has 0 bridgehead atoms. The van der Waals surface area contributed by atoms with Crippen LogP contribution in [0.15, 0.2) is 4.99 Å². The molecule has 1 amide bonds. The third kappa shape index (κ3) is 12.5. The highest BCUT2D eigenvalue weighted by atomic mass is 16.6. The number of hydrogen-bond donors (Lipinski definition) is 2. The van der Waals surface area contributed by atoms with Crippen molar-refractivity contribution < 1.29 is 14.3 Å². The highest BCUT2D eigenvalue weighted by molar-refractivity contribution is 5.79. The summed E-state index contributed by atoms with van der Waals surface area (Å²) in [5.74, 6) is 0.797. The van der Waals surface area contributed by atoms with Crippen LogP contribution < -0.4 is 10.6 Å². The lowest BCUT2D eigenvalue weighted by Crippen LogP contribution is -2.42. The number of nitrogens with zero attached hydrogens (tertiary/aromatic N) is 2. The Hall–Kier alpha value is -1.50. The van der Waals surface area contributed by atoms with Crippen molar-refractivity contribution in [3.63, 3.8) is 0 Å². The molecule has 7 nitrogen and oxygen atoms in total. The normalized spacial score (nSPS) is 13.3. The molecule has 0 aliphatic heterocycles. The van der Waals surface area contributed by atoms with E-state index in [0.29, 0.717) is 0 Å². The average molecular weight is 359 g/mol. The van der Waals surface area contributed by atoms with E-state index in [2.05, 4.69) is 15.6 Å². The van der Waals surface area contributed by atoms with E-state index in [9.17, 15) is 4.79 Å². The molecule has 0 radical (unpaired) electrons. The average Bonchev–Trinajstić information content (AvgIpc) is 2.52. The Bertz CT molecular complexity index is 394. The maximum Gasteiger partial charge on any atom is 0.410 e. The van der Waals surface area contributed by atoms with Crippen LogP contribution >= 0.6 is 0 Å². The van der Waals surface area contributed by atoms with Crippen LogP contribution in [0, 0.1) is 0 Å². The number of carbonyl (C=O) groups excluding carboxylic acids is 1. The van der Waals surface area contributed by atoms with E-state index in [1.54, 1.807) is 11.9 Å². The lowest BCUT2D eigenvalue weighted by atomic mass is 10.2. The van der Waals surface area contributed by atoms with E-state index in [-0.39, 0.29) is 12.1 Å². The van der Waals surface area contributed by atoms with Crippen molar-refractivity contribution in [2.24, 2.45) is 4.99 Å². The van der Waals surface area contributed by atoms with E-state index in [1.807, 2.05) is 41.5 Å². The summed E-state index contributed by atoms with van der Waals surface area (Å²) >= 11 is 0.